The normalized spacial score (nSPS) is 15.3. The summed E-state index contributed by atoms with van der Waals surface area (Å²) in [5, 5.41) is 15.4. The highest BCUT2D eigenvalue weighted by molar-refractivity contribution is 14.0. The van der Waals surface area contributed by atoms with E-state index in [9.17, 15) is 0 Å². The van der Waals surface area contributed by atoms with Gasteiger partial charge in [0.25, 0.3) is 5.89 Å². The van der Waals surface area contributed by atoms with Gasteiger partial charge in [-0.05, 0) is 54.3 Å². The minimum atomic E-state index is 0. The maximum absolute atomic E-state index is 5.32. The minimum Gasteiger partial charge on any atom is -0.357 e. The average Bonchev–Trinajstić information content (AvgIpc) is 3.48. The van der Waals surface area contributed by atoms with E-state index in [2.05, 4.69) is 54.4 Å². The van der Waals surface area contributed by atoms with E-state index < -0.39 is 0 Å². The quantitative estimate of drug-likeness (QED) is 0.244. The lowest BCUT2D eigenvalue weighted by Crippen LogP contribution is -2.48. The molecule has 0 unspecified atom stereocenters. The summed E-state index contributed by atoms with van der Waals surface area (Å²) >= 11 is 1.77. The fraction of sp³-hybridized carbons (Fsp3) is 0.455. The second-order valence-electron chi connectivity index (χ2n) is 7.57. The lowest BCUT2D eigenvalue weighted by molar-refractivity contribution is 0.198. The zero-order valence-corrected chi connectivity index (χ0v) is 21.4. The van der Waals surface area contributed by atoms with Gasteiger partial charge in [-0.2, -0.15) is 16.3 Å². The van der Waals surface area contributed by atoms with Crippen LogP contribution in [0.3, 0.4) is 0 Å². The van der Waals surface area contributed by atoms with Crippen LogP contribution in [0.25, 0.3) is 11.6 Å². The Bertz CT molecular complexity index is 940. The Labute approximate surface area is 209 Å². The molecule has 3 aromatic rings. The van der Waals surface area contributed by atoms with E-state index in [4.69, 9.17) is 9.52 Å². The Hall–Kier alpha value is -2.05. The molecule has 4 rings (SSSR count). The maximum atomic E-state index is 5.32. The lowest BCUT2D eigenvalue weighted by Gasteiger charge is -2.33. The number of nitrogens with zero attached hydrogens (tertiary/aromatic N) is 5. The molecule has 2 N–H and O–H groups in total. The highest BCUT2D eigenvalue weighted by Crippen LogP contribution is 2.16. The SMILES string of the molecule is CCNC(=NCCc1noc(-c2ccccn2)n1)NC1CCN(Cc2ccsc2)CC1.I. The van der Waals surface area contributed by atoms with Crippen LogP contribution in [0.2, 0.25) is 0 Å². The van der Waals surface area contributed by atoms with Crippen LogP contribution in [0.4, 0.5) is 0 Å². The van der Waals surface area contributed by atoms with Crippen molar-refractivity contribution in [1.29, 1.82) is 0 Å². The van der Waals surface area contributed by atoms with Gasteiger partial charge in [-0.3, -0.25) is 14.9 Å². The monoisotopic (exact) mass is 567 g/mol. The van der Waals surface area contributed by atoms with Crippen molar-refractivity contribution in [2.24, 2.45) is 4.99 Å². The molecule has 1 aliphatic heterocycles. The van der Waals surface area contributed by atoms with Crippen LogP contribution in [0, 0.1) is 0 Å². The van der Waals surface area contributed by atoms with Gasteiger partial charge in [-0.1, -0.05) is 11.2 Å². The lowest BCUT2D eigenvalue weighted by atomic mass is 10.0. The maximum Gasteiger partial charge on any atom is 0.276 e. The molecule has 32 heavy (non-hydrogen) atoms. The Morgan fingerprint density at radius 1 is 1.28 bits per heavy atom. The Balaban J connectivity index is 0.00000289. The van der Waals surface area contributed by atoms with Crippen LogP contribution in [0.5, 0.6) is 0 Å². The van der Waals surface area contributed by atoms with Gasteiger partial charge in [0.05, 0.1) is 0 Å². The first-order valence-corrected chi connectivity index (χ1v) is 11.8. The van der Waals surface area contributed by atoms with Crippen molar-refractivity contribution in [3.63, 3.8) is 0 Å². The molecule has 8 nitrogen and oxygen atoms in total. The van der Waals surface area contributed by atoms with E-state index in [1.807, 2.05) is 18.2 Å². The largest absolute Gasteiger partial charge is 0.357 e. The number of likely N-dealkylation sites (tertiary alicyclic amines) is 1. The van der Waals surface area contributed by atoms with E-state index in [-0.39, 0.29) is 24.0 Å². The van der Waals surface area contributed by atoms with Crippen molar-refractivity contribution in [2.75, 3.05) is 26.2 Å². The van der Waals surface area contributed by atoms with E-state index in [1.54, 1.807) is 17.5 Å². The molecule has 0 amide bonds. The number of piperidine rings is 1. The van der Waals surface area contributed by atoms with Crippen molar-refractivity contribution in [3.05, 3.63) is 52.6 Å². The number of hydrogen-bond acceptors (Lipinski definition) is 7. The first-order valence-electron chi connectivity index (χ1n) is 10.8. The molecule has 3 aromatic heterocycles. The molecule has 0 atom stereocenters. The summed E-state index contributed by atoms with van der Waals surface area (Å²) in [6.07, 6.45) is 4.57. The number of aliphatic imine (C=N–C) groups is 1. The molecule has 0 aliphatic carbocycles. The summed E-state index contributed by atoms with van der Waals surface area (Å²) in [6, 6.07) is 8.27. The number of nitrogens with one attached hydrogen (secondary N) is 2. The third-order valence-electron chi connectivity index (χ3n) is 5.22. The zero-order chi connectivity index (χ0) is 21.3. The highest BCUT2D eigenvalue weighted by atomic mass is 127. The van der Waals surface area contributed by atoms with Crippen molar-refractivity contribution < 1.29 is 4.52 Å². The Morgan fingerprint density at radius 2 is 2.16 bits per heavy atom. The van der Waals surface area contributed by atoms with Crippen molar-refractivity contribution in [1.82, 2.24) is 30.7 Å². The standard InChI is InChI=1S/C22H29N7OS.HI/c1-2-23-22(26-18-7-12-29(13-8-18)15-17-9-14-31-16-17)25-11-6-20-27-21(30-28-20)19-5-3-4-10-24-19;/h3-5,9-10,14,16,18H,2,6-8,11-13,15H2,1H3,(H2,23,25,26);1H. The van der Waals surface area contributed by atoms with Crippen LogP contribution in [-0.4, -0.2) is 58.2 Å². The van der Waals surface area contributed by atoms with Crippen LogP contribution in [-0.2, 0) is 13.0 Å². The van der Waals surface area contributed by atoms with Gasteiger partial charge in [0.15, 0.2) is 11.8 Å². The van der Waals surface area contributed by atoms with Crippen LogP contribution in [0.15, 0.2) is 50.7 Å². The van der Waals surface area contributed by atoms with E-state index in [1.165, 1.54) is 5.56 Å². The molecule has 4 heterocycles. The number of halogens is 1. The van der Waals surface area contributed by atoms with E-state index in [0.29, 0.717) is 36.4 Å². The van der Waals surface area contributed by atoms with E-state index in [0.717, 1.165) is 45.0 Å². The predicted octanol–water partition coefficient (Wildman–Crippen LogP) is 3.57. The smallest absolute Gasteiger partial charge is 0.276 e. The number of thiophene rings is 1. The number of guanidine groups is 1. The van der Waals surface area contributed by atoms with Gasteiger partial charge in [0.2, 0.25) is 0 Å². The van der Waals surface area contributed by atoms with Crippen LogP contribution < -0.4 is 10.6 Å². The summed E-state index contributed by atoms with van der Waals surface area (Å²) in [4.78, 5) is 15.9. The molecule has 1 aliphatic rings. The van der Waals surface area contributed by atoms with Crippen molar-refractivity contribution in [3.8, 4) is 11.6 Å². The first kappa shape index (κ1) is 24.6. The second kappa shape index (κ2) is 12.9. The fourth-order valence-corrected chi connectivity index (χ4v) is 4.27. The minimum absolute atomic E-state index is 0. The first-order chi connectivity index (χ1) is 15.3. The summed E-state index contributed by atoms with van der Waals surface area (Å²) in [5.74, 6) is 1.94. The second-order valence-corrected chi connectivity index (χ2v) is 8.35. The molecule has 1 saturated heterocycles. The molecule has 0 spiro atoms. The molecular weight excluding hydrogens is 537 g/mol. The molecule has 172 valence electrons. The molecule has 10 heteroatoms. The fourth-order valence-electron chi connectivity index (χ4n) is 3.61. The molecule has 0 radical (unpaired) electrons. The molecular formula is C22H30IN7OS. The molecule has 0 saturated carbocycles. The average molecular weight is 568 g/mol. The number of aromatic nitrogens is 3. The molecule has 0 bridgehead atoms. The summed E-state index contributed by atoms with van der Waals surface area (Å²) in [5.41, 5.74) is 2.10. The number of rotatable bonds is 8. The summed E-state index contributed by atoms with van der Waals surface area (Å²) in [7, 11) is 0. The third kappa shape index (κ3) is 7.24. The number of pyridine rings is 1. The van der Waals surface area contributed by atoms with E-state index >= 15 is 0 Å². The molecule has 1 fully saturated rings. The van der Waals surface area contributed by atoms with Gasteiger partial charge in [0.1, 0.15) is 5.69 Å². The van der Waals surface area contributed by atoms with Crippen LogP contribution in [0.1, 0.15) is 31.2 Å². The highest BCUT2D eigenvalue weighted by Gasteiger charge is 2.20. The van der Waals surface area contributed by atoms with Crippen molar-refractivity contribution in [2.45, 2.75) is 38.8 Å². The third-order valence-corrected chi connectivity index (χ3v) is 5.95. The van der Waals surface area contributed by atoms with Crippen LogP contribution >= 0.6 is 35.3 Å². The zero-order valence-electron chi connectivity index (χ0n) is 18.2. The summed E-state index contributed by atoms with van der Waals surface area (Å²) in [6.45, 7) is 6.76. The van der Waals surface area contributed by atoms with Gasteiger partial charge in [0, 0.05) is 51.4 Å². The van der Waals surface area contributed by atoms with Crippen molar-refractivity contribution >= 4 is 41.3 Å². The van der Waals surface area contributed by atoms with Gasteiger partial charge in [-0.25, -0.2) is 0 Å². The van der Waals surface area contributed by atoms with Gasteiger partial charge >= 0.3 is 0 Å². The summed E-state index contributed by atoms with van der Waals surface area (Å²) < 4.78 is 5.32. The predicted molar refractivity (Wildman–Crippen MR) is 138 cm³/mol. The Kier molecular flexibility index (Phi) is 9.88. The van der Waals surface area contributed by atoms with Gasteiger partial charge in [-0.15, -0.1) is 24.0 Å². The molecule has 0 aromatic carbocycles. The Morgan fingerprint density at radius 3 is 2.88 bits per heavy atom. The number of hydrogen-bond donors (Lipinski definition) is 2. The van der Waals surface area contributed by atoms with Gasteiger partial charge < -0.3 is 15.2 Å². The topological polar surface area (TPSA) is 91.5 Å².